The molecule has 102 valence electrons. The molecule has 1 fully saturated rings. The van der Waals surface area contributed by atoms with E-state index in [9.17, 15) is 9.59 Å². The molecule has 1 aromatic carbocycles. The van der Waals surface area contributed by atoms with E-state index in [2.05, 4.69) is 0 Å². The van der Waals surface area contributed by atoms with Gasteiger partial charge in [0.25, 0.3) is 5.91 Å². The predicted molar refractivity (Wildman–Crippen MR) is 74.6 cm³/mol. The zero-order valence-corrected chi connectivity index (χ0v) is 12.2. The molecule has 1 heterocycles. The van der Waals surface area contributed by atoms with Gasteiger partial charge in [-0.05, 0) is 25.1 Å². The van der Waals surface area contributed by atoms with Gasteiger partial charge in [0.1, 0.15) is 6.04 Å². The lowest BCUT2D eigenvalue weighted by Crippen LogP contribution is -2.56. The molecule has 1 saturated heterocycles. The van der Waals surface area contributed by atoms with Crippen molar-refractivity contribution in [3.05, 3.63) is 33.8 Å². The molecule has 2 rings (SSSR count). The highest BCUT2D eigenvalue weighted by Gasteiger charge is 2.33. The summed E-state index contributed by atoms with van der Waals surface area (Å²) in [6, 6.07) is 4.25. The number of piperazine rings is 1. The van der Waals surface area contributed by atoms with E-state index in [1.54, 1.807) is 31.0 Å². The molecule has 0 aliphatic carbocycles. The summed E-state index contributed by atoms with van der Waals surface area (Å²) in [7, 11) is 1.73. The second-order valence-electron chi connectivity index (χ2n) is 4.56. The average molecular weight is 301 g/mol. The van der Waals surface area contributed by atoms with Crippen LogP contribution in [-0.4, -0.2) is 47.8 Å². The van der Waals surface area contributed by atoms with Crippen molar-refractivity contribution in [1.29, 1.82) is 0 Å². The summed E-state index contributed by atoms with van der Waals surface area (Å²) in [5.74, 6) is -0.305. The normalized spacial score (nSPS) is 19.8. The smallest absolute Gasteiger partial charge is 0.256 e. The largest absolute Gasteiger partial charge is 0.342 e. The molecule has 1 unspecified atom stereocenters. The third kappa shape index (κ3) is 2.69. The van der Waals surface area contributed by atoms with Crippen molar-refractivity contribution in [2.75, 3.05) is 20.1 Å². The maximum atomic E-state index is 12.4. The molecule has 4 nitrogen and oxygen atoms in total. The third-order valence-electron chi connectivity index (χ3n) is 3.30. The number of nitrogens with zero attached hydrogens (tertiary/aromatic N) is 2. The minimum Gasteiger partial charge on any atom is -0.342 e. The molecular weight excluding hydrogens is 287 g/mol. The van der Waals surface area contributed by atoms with E-state index in [0.29, 0.717) is 28.7 Å². The van der Waals surface area contributed by atoms with Crippen molar-refractivity contribution < 1.29 is 9.59 Å². The second kappa shape index (κ2) is 5.39. The monoisotopic (exact) mass is 300 g/mol. The lowest BCUT2D eigenvalue weighted by molar-refractivity contribution is -0.137. The molecule has 1 atom stereocenters. The highest BCUT2D eigenvalue weighted by Crippen LogP contribution is 2.24. The molecule has 6 heteroatoms. The highest BCUT2D eigenvalue weighted by molar-refractivity contribution is 6.36. The lowest BCUT2D eigenvalue weighted by Gasteiger charge is -2.37. The fourth-order valence-electron chi connectivity index (χ4n) is 2.11. The number of carbonyl (C=O) groups is 2. The number of halogens is 2. The van der Waals surface area contributed by atoms with Crippen LogP contribution in [0, 0.1) is 0 Å². The molecule has 0 spiro atoms. The van der Waals surface area contributed by atoms with E-state index >= 15 is 0 Å². The van der Waals surface area contributed by atoms with Crippen molar-refractivity contribution in [2.45, 2.75) is 13.0 Å². The summed E-state index contributed by atoms with van der Waals surface area (Å²) in [6.07, 6.45) is 0. The van der Waals surface area contributed by atoms with E-state index in [1.165, 1.54) is 11.0 Å². The van der Waals surface area contributed by atoms with E-state index in [4.69, 9.17) is 23.2 Å². The number of rotatable bonds is 1. The summed E-state index contributed by atoms with van der Waals surface area (Å²) in [4.78, 5) is 27.5. The fraction of sp³-hybridized carbons (Fsp3) is 0.385. The minimum atomic E-state index is -0.474. The topological polar surface area (TPSA) is 40.6 Å². The van der Waals surface area contributed by atoms with Gasteiger partial charge in [-0.15, -0.1) is 0 Å². The number of likely N-dealkylation sites (N-methyl/N-ethyl adjacent to an activating group) is 1. The zero-order valence-electron chi connectivity index (χ0n) is 10.7. The maximum absolute atomic E-state index is 12.4. The van der Waals surface area contributed by atoms with Crippen LogP contribution >= 0.6 is 23.2 Å². The molecule has 1 aromatic rings. The first-order chi connectivity index (χ1) is 8.91. The van der Waals surface area contributed by atoms with Crippen LogP contribution < -0.4 is 0 Å². The van der Waals surface area contributed by atoms with Gasteiger partial charge in [0.15, 0.2) is 0 Å². The summed E-state index contributed by atoms with van der Waals surface area (Å²) in [5.41, 5.74) is 0.371. The zero-order chi connectivity index (χ0) is 14.2. The van der Waals surface area contributed by atoms with Crippen LogP contribution in [0.4, 0.5) is 0 Å². The van der Waals surface area contributed by atoms with Gasteiger partial charge in [-0.2, -0.15) is 0 Å². The van der Waals surface area contributed by atoms with E-state index in [1.807, 2.05) is 0 Å². The molecule has 0 saturated carbocycles. The number of hydrogen-bond donors (Lipinski definition) is 0. The maximum Gasteiger partial charge on any atom is 0.256 e. The molecule has 1 aliphatic rings. The van der Waals surface area contributed by atoms with Crippen molar-refractivity contribution in [2.24, 2.45) is 0 Å². The number of amides is 2. The van der Waals surface area contributed by atoms with Crippen LogP contribution in [0.1, 0.15) is 17.3 Å². The Morgan fingerprint density at radius 1 is 1.32 bits per heavy atom. The number of benzene rings is 1. The molecular formula is C13H14Cl2N2O2. The summed E-state index contributed by atoms with van der Waals surface area (Å²) in [5, 5.41) is 0.778. The van der Waals surface area contributed by atoms with Gasteiger partial charge in [-0.25, -0.2) is 0 Å². The highest BCUT2D eigenvalue weighted by atomic mass is 35.5. The Morgan fingerprint density at radius 3 is 2.63 bits per heavy atom. The molecule has 0 radical (unpaired) electrons. The first kappa shape index (κ1) is 14.2. The summed E-state index contributed by atoms with van der Waals surface area (Å²) < 4.78 is 0. The first-order valence-corrected chi connectivity index (χ1v) is 6.68. The lowest BCUT2D eigenvalue weighted by atomic mass is 10.1. The first-order valence-electron chi connectivity index (χ1n) is 5.93. The SMILES string of the molecule is CC1C(=O)N(C)CCN1C(=O)c1ccc(Cl)cc1Cl. The van der Waals surface area contributed by atoms with Crippen molar-refractivity contribution in [1.82, 2.24) is 9.80 Å². The standard InChI is InChI=1S/C13H14Cl2N2O2/c1-8-12(18)16(2)5-6-17(8)13(19)10-4-3-9(14)7-11(10)15/h3-4,7-8H,5-6H2,1-2H3. The predicted octanol–water partition coefficient (Wildman–Crippen LogP) is 2.30. The fourth-order valence-corrected chi connectivity index (χ4v) is 2.60. The van der Waals surface area contributed by atoms with E-state index in [0.717, 1.165) is 0 Å². The molecule has 19 heavy (non-hydrogen) atoms. The molecule has 1 aliphatic heterocycles. The van der Waals surface area contributed by atoms with Crippen LogP contribution in [0.3, 0.4) is 0 Å². The Bertz CT molecular complexity index is 533. The Labute approximate surface area is 121 Å². The van der Waals surface area contributed by atoms with Crippen LogP contribution in [0.15, 0.2) is 18.2 Å². The van der Waals surface area contributed by atoms with E-state index < -0.39 is 6.04 Å². The van der Waals surface area contributed by atoms with Crippen LogP contribution in [0.5, 0.6) is 0 Å². The summed E-state index contributed by atoms with van der Waals surface area (Å²) in [6.45, 7) is 2.75. The summed E-state index contributed by atoms with van der Waals surface area (Å²) >= 11 is 11.8. The molecule has 2 amide bonds. The Morgan fingerprint density at radius 2 is 2.00 bits per heavy atom. The van der Waals surface area contributed by atoms with Crippen LogP contribution in [-0.2, 0) is 4.79 Å². The number of carbonyl (C=O) groups excluding carboxylic acids is 2. The van der Waals surface area contributed by atoms with Crippen molar-refractivity contribution in [3.8, 4) is 0 Å². The molecule has 0 aromatic heterocycles. The molecule has 0 N–H and O–H groups in total. The molecule has 0 bridgehead atoms. The van der Waals surface area contributed by atoms with Crippen LogP contribution in [0.2, 0.25) is 10.0 Å². The Balaban J connectivity index is 2.27. The Kier molecular flexibility index (Phi) is 4.02. The second-order valence-corrected chi connectivity index (χ2v) is 5.40. The van der Waals surface area contributed by atoms with Gasteiger partial charge >= 0.3 is 0 Å². The van der Waals surface area contributed by atoms with Gasteiger partial charge in [-0.1, -0.05) is 23.2 Å². The van der Waals surface area contributed by atoms with Gasteiger partial charge in [-0.3, -0.25) is 9.59 Å². The van der Waals surface area contributed by atoms with Crippen molar-refractivity contribution in [3.63, 3.8) is 0 Å². The average Bonchev–Trinajstić information content (AvgIpc) is 2.35. The van der Waals surface area contributed by atoms with E-state index in [-0.39, 0.29) is 11.8 Å². The van der Waals surface area contributed by atoms with Gasteiger partial charge in [0.05, 0.1) is 10.6 Å². The van der Waals surface area contributed by atoms with Gasteiger partial charge in [0, 0.05) is 25.2 Å². The quantitative estimate of drug-likeness (QED) is 0.798. The Hall–Kier alpha value is -1.26. The van der Waals surface area contributed by atoms with Gasteiger partial charge in [0.2, 0.25) is 5.91 Å². The van der Waals surface area contributed by atoms with Crippen molar-refractivity contribution >= 4 is 35.0 Å². The van der Waals surface area contributed by atoms with Gasteiger partial charge < -0.3 is 9.80 Å². The van der Waals surface area contributed by atoms with Crippen LogP contribution in [0.25, 0.3) is 0 Å². The number of hydrogen-bond acceptors (Lipinski definition) is 2. The third-order valence-corrected chi connectivity index (χ3v) is 3.85. The minimum absolute atomic E-state index is 0.0651.